The van der Waals surface area contributed by atoms with Gasteiger partial charge in [0.05, 0.1) is 19.2 Å². The summed E-state index contributed by atoms with van der Waals surface area (Å²) < 4.78 is 7.87. The first-order valence-electron chi connectivity index (χ1n) is 17.5. The number of aromatic nitrogens is 3. The molecule has 1 saturated heterocycles. The summed E-state index contributed by atoms with van der Waals surface area (Å²) in [4.78, 5) is 48.9. The monoisotopic (exact) mass is 679 g/mol. The van der Waals surface area contributed by atoms with Gasteiger partial charge >= 0.3 is 5.97 Å². The fraction of sp³-hybridized carbons (Fsp3) is 0.571. The fourth-order valence-electron chi connectivity index (χ4n) is 6.10. The van der Waals surface area contributed by atoms with Crippen molar-refractivity contribution < 1.29 is 24.2 Å². The van der Waals surface area contributed by atoms with Gasteiger partial charge < -0.3 is 41.4 Å². The van der Waals surface area contributed by atoms with Crippen molar-refractivity contribution in [1.82, 2.24) is 29.7 Å². The van der Waals surface area contributed by atoms with E-state index < -0.39 is 12.0 Å². The van der Waals surface area contributed by atoms with Crippen LogP contribution in [0.2, 0.25) is 0 Å². The van der Waals surface area contributed by atoms with E-state index in [1.807, 2.05) is 23.2 Å². The van der Waals surface area contributed by atoms with Crippen LogP contribution in [0.15, 0.2) is 30.5 Å². The molecule has 1 fully saturated rings. The van der Waals surface area contributed by atoms with Gasteiger partial charge in [-0.1, -0.05) is 25.8 Å². The summed E-state index contributed by atoms with van der Waals surface area (Å²) in [5.74, 6) is 0.763. The molecule has 2 amide bonds. The maximum atomic E-state index is 12.8. The number of carbonyl (C=O) groups is 3. The number of hydrogen-bond donors (Lipinski definition) is 5. The molecule has 1 aromatic carbocycles. The molecule has 3 heterocycles. The Balaban J connectivity index is 1.24. The van der Waals surface area contributed by atoms with Crippen molar-refractivity contribution in [3.05, 3.63) is 41.6 Å². The summed E-state index contributed by atoms with van der Waals surface area (Å²) in [6, 6.07) is 7.39. The summed E-state index contributed by atoms with van der Waals surface area (Å²) in [5.41, 5.74) is 15.4. The predicted molar refractivity (Wildman–Crippen MR) is 190 cm³/mol. The molecule has 2 aromatic heterocycles. The number of nitrogens with zero attached hydrogens (tertiary/aromatic N) is 5. The first-order chi connectivity index (χ1) is 23.7. The summed E-state index contributed by atoms with van der Waals surface area (Å²) in [6.45, 7) is 7.66. The van der Waals surface area contributed by atoms with E-state index in [2.05, 4.69) is 49.1 Å². The van der Waals surface area contributed by atoms with Crippen molar-refractivity contribution in [3.8, 4) is 5.75 Å². The molecule has 1 aliphatic heterocycles. The second-order valence-electron chi connectivity index (χ2n) is 12.7. The van der Waals surface area contributed by atoms with Crippen molar-refractivity contribution in [3.63, 3.8) is 0 Å². The van der Waals surface area contributed by atoms with E-state index in [1.54, 1.807) is 7.11 Å². The molecule has 3 aromatic rings. The van der Waals surface area contributed by atoms with Gasteiger partial charge in [-0.05, 0) is 55.9 Å². The van der Waals surface area contributed by atoms with Crippen LogP contribution in [0.4, 0.5) is 11.8 Å². The highest BCUT2D eigenvalue weighted by molar-refractivity contribution is 5.87. The number of benzene rings is 1. The molecule has 14 heteroatoms. The first kappa shape index (κ1) is 37.4. The molecule has 0 radical (unpaired) electrons. The smallest absolute Gasteiger partial charge is 0.320 e. The Morgan fingerprint density at radius 1 is 0.980 bits per heavy atom. The van der Waals surface area contributed by atoms with Crippen LogP contribution in [-0.4, -0.2) is 99.6 Å². The zero-order valence-corrected chi connectivity index (χ0v) is 29.0. The molecule has 4 rings (SSSR count). The topological polar surface area (TPSA) is 194 Å². The first-order valence-corrected chi connectivity index (χ1v) is 17.5. The predicted octanol–water partition coefficient (Wildman–Crippen LogP) is 3.19. The molecule has 7 N–H and O–H groups in total. The third-order valence-electron chi connectivity index (χ3n) is 8.89. The highest BCUT2D eigenvalue weighted by Crippen LogP contribution is 2.27. The lowest BCUT2D eigenvalue weighted by molar-refractivity contribution is -0.138. The summed E-state index contributed by atoms with van der Waals surface area (Å²) in [7, 11) is 1.68. The lowest BCUT2D eigenvalue weighted by atomic mass is 10.1. The number of rotatable bonds is 20. The largest absolute Gasteiger partial charge is 0.496 e. The number of unbranched alkanes of at least 4 members (excludes halogenated alkanes) is 3. The van der Waals surface area contributed by atoms with Crippen molar-refractivity contribution in [2.75, 3.05) is 57.4 Å². The molecule has 0 bridgehead atoms. The van der Waals surface area contributed by atoms with Crippen molar-refractivity contribution in [1.29, 1.82) is 0 Å². The number of ether oxygens (including phenoxy) is 1. The van der Waals surface area contributed by atoms with Gasteiger partial charge in [0, 0.05) is 70.4 Å². The zero-order chi connectivity index (χ0) is 35.2. The molecule has 0 spiro atoms. The average Bonchev–Trinajstić information content (AvgIpc) is 3.48. The number of piperazine rings is 1. The zero-order valence-electron chi connectivity index (χ0n) is 29.0. The minimum Gasteiger partial charge on any atom is -0.496 e. The number of carboxylic acid groups (broad SMARTS) is 1. The molecule has 0 aliphatic carbocycles. The number of carboxylic acids is 1. The Hall–Kier alpha value is -4.43. The van der Waals surface area contributed by atoms with Gasteiger partial charge in [0.1, 0.15) is 17.3 Å². The van der Waals surface area contributed by atoms with Gasteiger partial charge in [-0.3, -0.25) is 19.3 Å². The molecule has 268 valence electrons. The van der Waals surface area contributed by atoms with Gasteiger partial charge in [0.15, 0.2) is 5.82 Å². The fourth-order valence-corrected chi connectivity index (χ4v) is 6.10. The van der Waals surface area contributed by atoms with Crippen LogP contribution in [-0.2, 0) is 27.5 Å². The van der Waals surface area contributed by atoms with Crippen LogP contribution < -0.4 is 26.8 Å². The Kier molecular flexibility index (Phi) is 14.5. The number of hydrogen-bond acceptors (Lipinski definition) is 10. The molecular formula is C35H53N9O5. The van der Waals surface area contributed by atoms with Crippen molar-refractivity contribution >= 4 is 40.6 Å². The van der Waals surface area contributed by atoms with E-state index >= 15 is 0 Å². The number of anilines is 2. The lowest BCUT2D eigenvalue weighted by Crippen LogP contribution is -2.48. The molecule has 14 nitrogen and oxygen atoms in total. The van der Waals surface area contributed by atoms with Gasteiger partial charge in [-0.2, -0.15) is 4.98 Å². The Labute approximate surface area is 288 Å². The standard InChI is InChI=1S/C35H53N9O5/c1-3-4-6-16-39-33-32-28(40-35(37)41-33)14-17-44(32)24-26-22-25(12-13-29(26)49-2)23-42-18-20-43(21-19-42)31(46)11-8-10-30(45)38-15-7-5-9-27(36)34(47)48/h12-14,17,22,27H,3-11,15-16,18-21,23-24,36H2,1-2H3,(H,38,45)(H,47,48)(H3,37,39,40,41). The van der Waals surface area contributed by atoms with Gasteiger partial charge in [0.25, 0.3) is 0 Å². The third-order valence-corrected chi connectivity index (χ3v) is 8.89. The number of methoxy groups -OCH3 is 1. The van der Waals surface area contributed by atoms with Crippen LogP contribution in [0.3, 0.4) is 0 Å². The van der Waals surface area contributed by atoms with Crippen LogP contribution in [0.5, 0.6) is 5.75 Å². The van der Waals surface area contributed by atoms with Gasteiger partial charge in [-0.25, -0.2) is 4.98 Å². The SMILES string of the molecule is CCCCCNc1nc(N)nc2ccn(Cc3cc(CN4CCN(C(=O)CCCC(=O)NCCCCC(N)C(=O)O)CC4)ccc3OC)c12. The van der Waals surface area contributed by atoms with Crippen LogP contribution in [0.1, 0.15) is 75.8 Å². The Bertz CT molecular complexity index is 1540. The number of carbonyl (C=O) groups excluding carboxylic acids is 2. The molecule has 1 unspecified atom stereocenters. The second kappa shape index (κ2) is 18.9. The van der Waals surface area contributed by atoms with Crippen LogP contribution >= 0.6 is 0 Å². The molecule has 49 heavy (non-hydrogen) atoms. The molecule has 0 saturated carbocycles. The summed E-state index contributed by atoms with van der Waals surface area (Å²) in [5, 5.41) is 15.1. The van der Waals surface area contributed by atoms with E-state index in [-0.39, 0.29) is 24.2 Å². The van der Waals surface area contributed by atoms with Crippen LogP contribution in [0.25, 0.3) is 11.0 Å². The van der Waals surface area contributed by atoms with Crippen LogP contribution in [0, 0.1) is 0 Å². The molecular weight excluding hydrogens is 626 g/mol. The highest BCUT2D eigenvalue weighted by atomic mass is 16.5. The highest BCUT2D eigenvalue weighted by Gasteiger charge is 2.22. The van der Waals surface area contributed by atoms with E-state index in [9.17, 15) is 14.4 Å². The number of fused-ring (bicyclic) bond motifs is 1. The Morgan fingerprint density at radius 3 is 2.49 bits per heavy atom. The van der Waals surface area contributed by atoms with E-state index in [0.717, 1.165) is 73.6 Å². The average molecular weight is 680 g/mol. The minimum atomic E-state index is -1.01. The third kappa shape index (κ3) is 11.3. The summed E-state index contributed by atoms with van der Waals surface area (Å²) >= 11 is 0. The van der Waals surface area contributed by atoms with Gasteiger partial charge in [0.2, 0.25) is 17.8 Å². The van der Waals surface area contributed by atoms with Crippen molar-refractivity contribution in [2.45, 2.75) is 83.8 Å². The van der Waals surface area contributed by atoms with Gasteiger partial charge in [-0.15, -0.1) is 0 Å². The quantitative estimate of drug-likeness (QED) is 0.110. The minimum absolute atomic E-state index is 0.0748. The number of nitrogen functional groups attached to an aromatic ring is 1. The lowest BCUT2D eigenvalue weighted by Gasteiger charge is -2.35. The maximum Gasteiger partial charge on any atom is 0.320 e. The van der Waals surface area contributed by atoms with E-state index in [4.69, 9.17) is 21.3 Å². The number of nitrogens with two attached hydrogens (primary N) is 2. The molecule has 1 aliphatic rings. The molecule has 1 atom stereocenters. The maximum absolute atomic E-state index is 12.8. The van der Waals surface area contributed by atoms with E-state index in [1.165, 1.54) is 5.56 Å². The number of nitrogens with one attached hydrogen (secondary N) is 2. The van der Waals surface area contributed by atoms with E-state index in [0.29, 0.717) is 58.3 Å². The summed E-state index contributed by atoms with van der Waals surface area (Å²) in [6.07, 6.45) is 8.15. The Morgan fingerprint density at radius 2 is 1.76 bits per heavy atom. The normalized spacial score (nSPS) is 14.1. The second-order valence-corrected chi connectivity index (χ2v) is 12.7. The number of aliphatic carboxylic acids is 1. The number of amides is 2. The van der Waals surface area contributed by atoms with Crippen molar-refractivity contribution in [2.24, 2.45) is 5.73 Å².